The number of hydrogen-bond acceptors (Lipinski definition) is 2. The van der Waals surface area contributed by atoms with E-state index < -0.39 is 0 Å². The Morgan fingerprint density at radius 3 is 3.06 bits per heavy atom. The molecule has 16 heavy (non-hydrogen) atoms. The molecule has 88 valence electrons. The molecule has 1 saturated carbocycles. The molecule has 0 aromatic carbocycles. The van der Waals surface area contributed by atoms with E-state index in [4.69, 9.17) is 0 Å². The molecule has 2 rings (SSSR count). The lowest BCUT2D eigenvalue weighted by atomic mass is 10.2. The van der Waals surface area contributed by atoms with Gasteiger partial charge in [0.05, 0.1) is 0 Å². The second-order valence-corrected chi connectivity index (χ2v) is 4.34. The maximum absolute atomic E-state index is 11.3. The van der Waals surface area contributed by atoms with E-state index in [1.807, 2.05) is 18.5 Å². The molecular formula is C12H19N3O. The lowest BCUT2D eigenvalue weighted by Crippen LogP contribution is -2.26. The fourth-order valence-electron chi connectivity index (χ4n) is 1.60. The van der Waals surface area contributed by atoms with Crippen LogP contribution < -0.4 is 10.6 Å². The molecule has 1 aliphatic carbocycles. The van der Waals surface area contributed by atoms with E-state index in [1.54, 1.807) is 0 Å². The predicted octanol–water partition coefficient (Wildman–Crippen LogP) is 1.16. The van der Waals surface area contributed by atoms with Crippen molar-refractivity contribution < 1.29 is 4.79 Å². The molecule has 0 saturated heterocycles. The lowest BCUT2D eigenvalue weighted by molar-refractivity contribution is -0.121. The Kier molecular flexibility index (Phi) is 3.99. The summed E-state index contributed by atoms with van der Waals surface area (Å²) in [5.41, 5.74) is 1.25. The summed E-state index contributed by atoms with van der Waals surface area (Å²) in [4.78, 5) is 14.4. The molecule has 1 fully saturated rings. The molecule has 0 unspecified atom stereocenters. The SMILES string of the molecule is O=C(CCCNCc1cc[nH]c1)NC1CC1. The van der Waals surface area contributed by atoms with E-state index in [2.05, 4.69) is 15.6 Å². The molecule has 1 amide bonds. The van der Waals surface area contributed by atoms with Gasteiger partial charge in [-0.25, -0.2) is 0 Å². The summed E-state index contributed by atoms with van der Waals surface area (Å²) in [6, 6.07) is 2.53. The number of aromatic nitrogens is 1. The van der Waals surface area contributed by atoms with Crippen molar-refractivity contribution in [1.29, 1.82) is 0 Å². The van der Waals surface area contributed by atoms with Gasteiger partial charge in [0.1, 0.15) is 0 Å². The van der Waals surface area contributed by atoms with Gasteiger partial charge in [-0.15, -0.1) is 0 Å². The highest BCUT2D eigenvalue weighted by Gasteiger charge is 2.22. The van der Waals surface area contributed by atoms with Gasteiger partial charge in [0.2, 0.25) is 5.91 Å². The molecule has 0 atom stereocenters. The number of carbonyl (C=O) groups excluding carboxylic acids is 1. The molecule has 1 aliphatic rings. The molecule has 0 aliphatic heterocycles. The first-order valence-electron chi connectivity index (χ1n) is 5.96. The summed E-state index contributed by atoms with van der Waals surface area (Å²) in [6.45, 7) is 1.76. The van der Waals surface area contributed by atoms with Crippen molar-refractivity contribution in [3.63, 3.8) is 0 Å². The Morgan fingerprint density at radius 1 is 1.50 bits per heavy atom. The fourth-order valence-corrected chi connectivity index (χ4v) is 1.60. The number of hydrogen-bond donors (Lipinski definition) is 3. The summed E-state index contributed by atoms with van der Waals surface area (Å²) in [5.74, 6) is 0.200. The molecule has 0 spiro atoms. The second-order valence-electron chi connectivity index (χ2n) is 4.34. The zero-order valence-corrected chi connectivity index (χ0v) is 9.46. The highest BCUT2D eigenvalue weighted by molar-refractivity contribution is 5.76. The minimum absolute atomic E-state index is 0.200. The molecule has 4 nitrogen and oxygen atoms in total. The molecule has 0 bridgehead atoms. The quantitative estimate of drug-likeness (QED) is 0.605. The average molecular weight is 221 g/mol. The van der Waals surface area contributed by atoms with Gasteiger partial charge in [-0.1, -0.05) is 0 Å². The smallest absolute Gasteiger partial charge is 0.220 e. The van der Waals surface area contributed by atoms with Crippen molar-refractivity contribution in [2.45, 2.75) is 38.3 Å². The first kappa shape index (κ1) is 11.2. The van der Waals surface area contributed by atoms with Gasteiger partial charge in [-0.3, -0.25) is 4.79 Å². The zero-order chi connectivity index (χ0) is 11.2. The highest BCUT2D eigenvalue weighted by Crippen LogP contribution is 2.18. The van der Waals surface area contributed by atoms with Crippen LogP contribution in [0, 0.1) is 0 Å². The van der Waals surface area contributed by atoms with Crippen molar-refractivity contribution in [1.82, 2.24) is 15.6 Å². The Morgan fingerprint density at radius 2 is 2.38 bits per heavy atom. The standard InChI is InChI=1S/C12H19N3O/c16-12(15-11-3-4-11)2-1-6-13-8-10-5-7-14-9-10/h5,7,9,11,13-14H,1-4,6,8H2,(H,15,16). The summed E-state index contributed by atoms with van der Waals surface area (Å²) in [5, 5.41) is 6.30. The van der Waals surface area contributed by atoms with Crippen molar-refractivity contribution in [3.05, 3.63) is 24.0 Å². The van der Waals surface area contributed by atoms with Gasteiger partial charge >= 0.3 is 0 Å². The van der Waals surface area contributed by atoms with E-state index in [-0.39, 0.29) is 5.91 Å². The van der Waals surface area contributed by atoms with Crippen molar-refractivity contribution in [2.75, 3.05) is 6.54 Å². The second kappa shape index (κ2) is 5.70. The number of aromatic amines is 1. The van der Waals surface area contributed by atoms with Gasteiger partial charge in [-0.2, -0.15) is 0 Å². The van der Waals surface area contributed by atoms with E-state index in [0.29, 0.717) is 12.5 Å². The number of carbonyl (C=O) groups is 1. The highest BCUT2D eigenvalue weighted by atomic mass is 16.1. The molecule has 1 aromatic heterocycles. The van der Waals surface area contributed by atoms with E-state index in [0.717, 1.165) is 32.4 Å². The number of H-pyrrole nitrogens is 1. The van der Waals surface area contributed by atoms with Gasteiger partial charge in [-0.05, 0) is 37.4 Å². The van der Waals surface area contributed by atoms with Crippen LogP contribution in [0.5, 0.6) is 0 Å². The van der Waals surface area contributed by atoms with Gasteiger partial charge in [0, 0.05) is 31.4 Å². The third-order valence-corrected chi connectivity index (χ3v) is 2.69. The minimum Gasteiger partial charge on any atom is -0.367 e. The van der Waals surface area contributed by atoms with Crippen LogP contribution in [0.25, 0.3) is 0 Å². The number of rotatable bonds is 7. The molecular weight excluding hydrogens is 202 g/mol. The Hall–Kier alpha value is -1.29. The monoisotopic (exact) mass is 221 g/mol. The Bertz CT molecular complexity index is 317. The van der Waals surface area contributed by atoms with Gasteiger partial charge in [0.25, 0.3) is 0 Å². The van der Waals surface area contributed by atoms with E-state index in [1.165, 1.54) is 5.56 Å². The van der Waals surface area contributed by atoms with Crippen LogP contribution >= 0.6 is 0 Å². The van der Waals surface area contributed by atoms with Crippen LogP contribution in [0.15, 0.2) is 18.5 Å². The van der Waals surface area contributed by atoms with E-state index >= 15 is 0 Å². The topological polar surface area (TPSA) is 56.9 Å². The molecule has 3 N–H and O–H groups in total. The largest absolute Gasteiger partial charge is 0.367 e. The van der Waals surface area contributed by atoms with Crippen LogP contribution in [0.1, 0.15) is 31.2 Å². The normalized spacial score (nSPS) is 15.0. The van der Waals surface area contributed by atoms with Crippen LogP contribution in [-0.2, 0) is 11.3 Å². The maximum Gasteiger partial charge on any atom is 0.220 e. The molecule has 1 aromatic rings. The summed E-state index contributed by atoms with van der Waals surface area (Å²) < 4.78 is 0. The molecule has 1 heterocycles. The Labute approximate surface area is 95.8 Å². The van der Waals surface area contributed by atoms with Gasteiger partial charge < -0.3 is 15.6 Å². The van der Waals surface area contributed by atoms with Crippen LogP contribution in [0.4, 0.5) is 0 Å². The number of nitrogens with one attached hydrogen (secondary N) is 3. The third kappa shape index (κ3) is 4.06. The predicted molar refractivity (Wildman–Crippen MR) is 62.9 cm³/mol. The van der Waals surface area contributed by atoms with Crippen LogP contribution in [-0.4, -0.2) is 23.5 Å². The summed E-state index contributed by atoms with van der Waals surface area (Å²) in [7, 11) is 0. The first-order valence-corrected chi connectivity index (χ1v) is 5.96. The van der Waals surface area contributed by atoms with Crippen LogP contribution in [0.2, 0.25) is 0 Å². The van der Waals surface area contributed by atoms with Crippen molar-refractivity contribution in [2.24, 2.45) is 0 Å². The van der Waals surface area contributed by atoms with Crippen LogP contribution in [0.3, 0.4) is 0 Å². The summed E-state index contributed by atoms with van der Waals surface area (Å²) in [6.07, 6.45) is 7.77. The van der Waals surface area contributed by atoms with Crippen molar-refractivity contribution in [3.8, 4) is 0 Å². The van der Waals surface area contributed by atoms with E-state index in [9.17, 15) is 4.79 Å². The zero-order valence-electron chi connectivity index (χ0n) is 9.46. The minimum atomic E-state index is 0.200. The van der Waals surface area contributed by atoms with Gasteiger partial charge in [0.15, 0.2) is 0 Å². The summed E-state index contributed by atoms with van der Waals surface area (Å²) >= 11 is 0. The maximum atomic E-state index is 11.3. The van der Waals surface area contributed by atoms with Crippen molar-refractivity contribution >= 4 is 5.91 Å². The first-order chi connectivity index (χ1) is 7.84. The molecule has 4 heteroatoms. The number of amides is 1. The lowest BCUT2D eigenvalue weighted by Gasteiger charge is -2.04. The Balaban J connectivity index is 1.46. The molecule has 0 radical (unpaired) electrons. The third-order valence-electron chi connectivity index (χ3n) is 2.69. The fraction of sp³-hybridized carbons (Fsp3) is 0.583. The average Bonchev–Trinajstić information content (AvgIpc) is 2.93.